The molecule has 0 aliphatic rings. The van der Waals surface area contributed by atoms with E-state index in [1.807, 2.05) is 19.1 Å². The van der Waals surface area contributed by atoms with E-state index in [2.05, 4.69) is 42.4 Å². The number of benzene rings is 2. The fourth-order valence-corrected chi connectivity index (χ4v) is 3.03. The lowest BCUT2D eigenvalue weighted by atomic mass is 10.1. The number of nitrogens with one attached hydrogen (secondary N) is 1. The largest absolute Gasteiger partial charge is 0.506 e. The molecule has 0 fully saturated rings. The van der Waals surface area contributed by atoms with Gasteiger partial charge in [0.05, 0.1) is 10.2 Å². The van der Waals surface area contributed by atoms with Crippen LogP contribution < -0.4 is 5.43 Å². The van der Waals surface area contributed by atoms with Gasteiger partial charge in [-0.3, -0.25) is 4.79 Å². The van der Waals surface area contributed by atoms with E-state index in [-0.39, 0.29) is 11.7 Å². The highest BCUT2D eigenvalue weighted by molar-refractivity contribution is 9.11. The quantitative estimate of drug-likeness (QED) is 0.566. The number of hydrogen-bond acceptors (Lipinski definition) is 3. The molecule has 0 saturated carbocycles. The third kappa shape index (κ3) is 3.96. The molecule has 6 heteroatoms. The number of carbonyl (C=O) groups excluding carboxylic acids is 1. The molecular formula is C16H14Br2N2O2. The molecule has 114 valence electrons. The Morgan fingerprint density at radius 3 is 2.45 bits per heavy atom. The average Bonchev–Trinajstić information content (AvgIpc) is 2.48. The van der Waals surface area contributed by atoms with E-state index in [0.717, 1.165) is 10.0 Å². The fraction of sp³-hybridized carbons (Fsp3) is 0.125. The summed E-state index contributed by atoms with van der Waals surface area (Å²) in [5, 5.41) is 14.1. The molecule has 2 aromatic rings. The second-order valence-electron chi connectivity index (χ2n) is 4.79. The monoisotopic (exact) mass is 424 g/mol. The number of halogens is 2. The number of nitrogens with zero attached hydrogens (tertiary/aromatic N) is 1. The van der Waals surface area contributed by atoms with Gasteiger partial charge in [0.15, 0.2) is 0 Å². The second kappa shape index (κ2) is 7.07. The predicted molar refractivity (Wildman–Crippen MR) is 94.4 cm³/mol. The number of hydrogen-bond donors (Lipinski definition) is 2. The third-order valence-corrected chi connectivity index (χ3v) is 4.12. The van der Waals surface area contributed by atoms with E-state index >= 15 is 0 Å². The first-order chi connectivity index (χ1) is 10.4. The Morgan fingerprint density at radius 2 is 1.82 bits per heavy atom. The summed E-state index contributed by atoms with van der Waals surface area (Å²) in [6.45, 7) is 3.67. The van der Waals surface area contributed by atoms with Crippen LogP contribution in [0, 0.1) is 6.92 Å². The van der Waals surface area contributed by atoms with Gasteiger partial charge >= 0.3 is 0 Å². The van der Waals surface area contributed by atoms with Crippen LogP contribution in [-0.2, 0) is 0 Å². The van der Waals surface area contributed by atoms with E-state index in [1.54, 1.807) is 31.2 Å². The Labute approximate surface area is 145 Å². The molecule has 0 atom stereocenters. The molecule has 0 aromatic heterocycles. The summed E-state index contributed by atoms with van der Waals surface area (Å²) in [5.41, 5.74) is 5.14. The molecule has 0 bridgehead atoms. The van der Waals surface area contributed by atoms with E-state index in [1.165, 1.54) is 0 Å². The minimum atomic E-state index is -0.298. The molecule has 0 unspecified atom stereocenters. The summed E-state index contributed by atoms with van der Waals surface area (Å²) >= 11 is 6.62. The van der Waals surface area contributed by atoms with Crippen molar-refractivity contribution in [1.29, 1.82) is 0 Å². The predicted octanol–water partition coefficient (Wildman–Crippen LogP) is 4.38. The van der Waals surface area contributed by atoms with Crippen LogP contribution in [0.3, 0.4) is 0 Å². The van der Waals surface area contributed by atoms with Gasteiger partial charge in [-0.25, -0.2) is 5.43 Å². The molecular weight excluding hydrogens is 412 g/mol. The van der Waals surface area contributed by atoms with E-state index in [9.17, 15) is 9.90 Å². The maximum absolute atomic E-state index is 12.0. The number of carbonyl (C=O) groups is 1. The summed E-state index contributed by atoms with van der Waals surface area (Å²) < 4.78 is 1.35. The van der Waals surface area contributed by atoms with Crippen molar-refractivity contribution >= 4 is 43.5 Å². The molecule has 2 aromatic carbocycles. The molecule has 0 radical (unpaired) electrons. The second-order valence-corrected chi connectivity index (χ2v) is 6.56. The van der Waals surface area contributed by atoms with Gasteiger partial charge in [-0.15, -0.1) is 0 Å². The van der Waals surface area contributed by atoms with Crippen LogP contribution in [0.15, 0.2) is 50.4 Å². The summed E-state index contributed by atoms with van der Waals surface area (Å²) in [7, 11) is 0. The maximum Gasteiger partial charge on any atom is 0.271 e. The maximum atomic E-state index is 12.0. The van der Waals surface area contributed by atoms with Crippen molar-refractivity contribution in [3.63, 3.8) is 0 Å². The highest BCUT2D eigenvalue weighted by Gasteiger charge is 2.11. The van der Waals surface area contributed by atoms with Crippen LogP contribution in [0.2, 0.25) is 0 Å². The standard InChI is InChI=1S/C16H14Br2N2O2/c1-9-3-5-11(6-4-9)16(22)20-19-10(2)13-7-12(17)8-14(18)15(13)21/h3-8,21H,1-2H3,(H,20,22). The van der Waals surface area contributed by atoms with Crippen molar-refractivity contribution in [3.05, 3.63) is 62.0 Å². The Balaban J connectivity index is 2.19. The van der Waals surface area contributed by atoms with Crippen molar-refractivity contribution in [2.45, 2.75) is 13.8 Å². The highest BCUT2D eigenvalue weighted by atomic mass is 79.9. The van der Waals surface area contributed by atoms with Gasteiger partial charge in [-0.1, -0.05) is 33.6 Å². The number of phenols is 1. The van der Waals surface area contributed by atoms with Gasteiger partial charge in [0.2, 0.25) is 0 Å². The minimum Gasteiger partial charge on any atom is -0.506 e. The lowest BCUT2D eigenvalue weighted by Crippen LogP contribution is -2.19. The van der Waals surface area contributed by atoms with Crippen LogP contribution in [-0.4, -0.2) is 16.7 Å². The zero-order valence-corrected chi connectivity index (χ0v) is 15.2. The van der Waals surface area contributed by atoms with E-state index in [4.69, 9.17) is 0 Å². The Kier molecular flexibility index (Phi) is 5.37. The van der Waals surface area contributed by atoms with Crippen molar-refractivity contribution in [1.82, 2.24) is 5.43 Å². The number of hydrazone groups is 1. The van der Waals surface area contributed by atoms with Crippen LogP contribution >= 0.6 is 31.9 Å². The zero-order chi connectivity index (χ0) is 16.3. The molecule has 0 saturated heterocycles. The summed E-state index contributed by atoms with van der Waals surface area (Å²) in [4.78, 5) is 12.0. The molecule has 0 aliphatic heterocycles. The Hall–Kier alpha value is -1.66. The van der Waals surface area contributed by atoms with Crippen LogP contribution in [0.5, 0.6) is 5.75 Å². The lowest BCUT2D eigenvalue weighted by Gasteiger charge is -2.08. The Morgan fingerprint density at radius 1 is 1.18 bits per heavy atom. The number of phenolic OH excluding ortho intramolecular Hbond substituents is 1. The van der Waals surface area contributed by atoms with Crippen molar-refractivity contribution < 1.29 is 9.90 Å². The summed E-state index contributed by atoms with van der Waals surface area (Å²) in [6, 6.07) is 10.7. The zero-order valence-electron chi connectivity index (χ0n) is 12.0. The smallest absolute Gasteiger partial charge is 0.271 e. The van der Waals surface area contributed by atoms with Gasteiger partial charge in [-0.05, 0) is 54.0 Å². The molecule has 2 rings (SSSR count). The number of rotatable bonds is 3. The molecule has 4 nitrogen and oxygen atoms in total. The summed E-state index contributed by atoms with van der Waals surface area (Å²) in [5.74, 6) is -0.220. The highest BCUT2D eigenvalue weighted by Crippen LogP contribution is 2.32. The fourth-order valence-electron chi connectivity index (χ4n) is 1.81. The van der Waals surface area contributed by atoms with E-state index in [0.29, 0.717) is 21.3 Å². The lowest BCUT2D eigenvalue weighted by molar-refractivity contribution is 0.0955. The molecule has 0 aliphatic carbocycles. The van der Waals surface area contributed by atoms with Gasteiger partial charge in [0.1, 0.15) is 5.75 Å². The summed E-state index contributed by atoms with van der Waals surface area (Å²) in [6.07, 6.45) is 0. The molecule has 0 heterocycles. The normalized spacial score (nSPS) is 11.4. The number of aromatic hydroxyl groups is 1. The van der Waals surface area contributed by atoms with Gasteiger partial charge in [-0.2, -0.15) is 5.10 Å². The van der Waals surface area contributed by atoms with E-state index < -0.39 is 0 Å². The molecule has 0 spiro atoms. The van der Waals surface area contributed by atoms with Crippen LogP contribution in [0.25, 0.3) is 0 Å². The number of aryl methyl sites for hydroxylation is 1. The average molecular weight is 426 g/mol. The van der Waals surface area contributed by atoms with Gasteiger partial charge < -0.3 is 5.11 Å². The SMILES string of the molecule is CC(=NNC(=O)c1ccc(C)cc1)c1cc(Br)cc(Br)c1O. The first-order valence-electron chi connectivity index (χ1n) is 6.48. The molecule has 22 heavy (non-hydrogen) atoms. The van der Waals surface area contributed by atoms with Gasteiger partial charge in [0.25, 0.3) is 5.91 Å². The third-order valence-electron chi connectivity index (χ3n) is 3.06. The van der Waals surface area contributed by atoms with Crippen molar-refractivity contribution in [2.24, 2.45) is 5.10 Å². The van der Waals surface area contributed by atoms with Crippen LogP contribution in [0.4, 0.5) is 0 Å². The molecule has 2 N–H and O–H groups in total. The molecule has 1 amide bonds. The Bertz CT molecular complexity index is 741. The first kappa shape index (κ1) is 16.7. The van der Waals surface area contributed by atoms with Gasteiger partial charge in [0, 0.05) is 15.6 Å². The van der Waals surface area contributed by atoms with Crippen LogP contribution in [0.1, 0.15) is 28.4 Å². The number of amides is 1. The van der Waals surface area contributed by atoms with Crippen molar-refractivity contribution in [3.8, 4) is 5.75 Å². The first-order valence-corrected chi connectivity index (χ1v) is 8.06. The minimum absolute atomic E-state index is 0.0778. The topological polar surface area (TPSA) is 61.7 Å². The van der Waals surface area contributed by atoms with Crippen molar-refractivity contribution in [2.75, 3.05) is 0 Å².